The summed E-state index contributed by atoms with van der Waals surface area (Å²) >= 11 is 0. The molecule has 6 heteroatoms. The molecule has 1 aliphatic heterocycles. The minimum atomic E-state index is -0.351. The van der Waals surface area contributed by atoms with Gasteiger partial charge in [0, 0.05) is 6.20 Å². The van der Waals surface area contributed by atoms with Gasteiger partial charge in [0.2, 0.25) is 5.95 Å². The van der Waals surface area contributed by atoms with Gasteiger partial charge in [-0.2, -0.15) is 4.98 Å². The normalized spacial score (nSPS) is 19.9. The summed E-state index contributed by atoms with van der Waals surface area (Å²) in [5.41, 5.74) is 2.68. The fourth-order valence-electron chi connectivity index (χ4n) is 3.03. The molecule has 0 saturated carbocycles. The van der Waals surface area contributed by atoms with E-state index in [2.05, 4.69) is 39.6 Å². The Balaban J connectivity index is 1.56. The topological polar surface area (TPSA) is 67.3 Å². The van der Waals surface area contributed by atoms with Crippen molar-refractivity contribution in [1.29, 1.82) is 0 Å². The number of nitrogens with one attached hydrogen (secondary N) is 1. The van der Waals surface area contributed by atoms with Crippen molar-refractivity contribution in [1.82, 2.24) is 9.97 Å². The van der Waals surface area contributed by atoms with E-state index in [0.29, 0.717) is 24.9 Å². The molecule has 2 aromatic rings. The summed E-state index contributed by atoms with van der Waals surface area (Å²) in [5, 5.41) is 3.37. The van der Waals surface area contributed by atoms with Crippen LogP contribution < -0.4 is 10.2 Å². The molecule has 0 unspecified atom stereocenters. The highest BCUT2D eigenvalue weighted by Gasteiger charge is 2.26. The molecule has 2 aliphatic rings. The number of aryl methyl sites for hydroxylation is 1. The number of hydrogen-bond acceptors (Lipinski definition) is 5. The number of ether oxygens (including phenoxy) is 1. The van der Waals surface area contributed by atoms with Gasteiger partial charge in [0.05, 0.1) is 12.6 Å². The standard InChI is InChI=1S/C16H16N4O2/c21-16-20(9-10-22-16)14-7-8-17-15(19-14)18-13-6-5-11-3-1-2-4-12(11)13/h1-4,7-8,13H,5-6,9-10H2,(H,17,18,19)/t13-/m0/s1. The average molecular weight is 296 g/mol. The minimum absolute atomic E-state index is 0.219. The molecule has 1 fully saturated rings. The van der Waals surface area contributed by atoms with E-state index < -0.39 is 0 Å². The van der Waals surface area contributed by atoms with Crippen LogP contribution in [0.3, 0.4) is 0 Å². The first-order valence-corrected chi connectivity index (χ1v) is 7.43. The zero-order valence-electron chi connectivity index (χ0n) is 12.0. The number of cyclic esters (lactones) is 1. The Morgan fingerprint density at radius 1 is 1.27 bits per heavy atom. The highest BCUT2D eigenvalue weighted by atomic mass is 16.6. The van der Waals surface area contributed by atoms with Crippen LogP contribution in [0.4, 0.5) is 16.6 Å². The van der Waals surface area contributed by atoms with Crippen molar-refractivity contribution in [3.63, 3.8) is 0 Å². The van der Waals surface area contributed by atoms with Crippen LogP contribution in [0.2, 0.25) is 0 Å². The summed E-state index contributed by atoms with van der Waals surface area (Å²) in [6.07, 6.45) is 3.40. The van der Waals surface area contributed by atoms with Crippen molar-refractivity contribution >= 4 is 17.9 Å². The first-order chi connectivity index (χ1) is 10.8. The zero-order chi connectivity index (χ0) is 14.9. The monoisotopic (exact) mass is 296 g/mol. The number of aromatic nitrogens is 2. The van der Waals surface area contributed by atoms with E-state index in [1.165, 1.54) is 16.0 Å². The highest BCUT2D eigenvalue weighted by molar-refractivity contribution is 5.88. The number of benzene rings is 1. The lowest BCUT2D eigenvalue weighted by atomic mass is 10.1. The molecule has 0 bridgehead atoms. The third-order valence-electron chi connectivity index (χ3n) is 4.11. The molecule has 1 aromatic carbocycles. The second kappa shape index (κ2) is 5.29. The second-order valence-electron chi connectivity index (χ2n) is 5.44. The smallest absolute Gasteiger partial charge is 0.415 e. The fourth-order valence-corrected chi connectivity index (χ4v) is 3.03. The fraction of sp³-hybridized carbons (Fsp3) is 0.312. The molecule has 6 nitrogen and oxygen atoms in total. The Morgan fingerprint density at radius 3 is 3.05 bits per heavy atom. The number of hydrogen-bond donors (Lipinski definition) is 1. The molecule has 1 saturated heterocycles. The number of rotatable bonds is 3. The van der Waals surface area contributed by atoms with E-state index in [9.17, 15) is 4.79 Å². The van der Waals surface area contributed by atoms with Crippen LogP contribution in [0, 0.1) is 0 Å². The second-order valence-corrected chi connectivity index (χ2v) is 5.44. The van der Waals surface area contributed by atoms with Gasteiger partial charge in [-0.25, -0.2) is 9.78 Å². The molecule has 2 heterocycles. The number of nitrogens with zero attached hydrogens (tertiary/aromatic N) is 3. The zero-order valence-corrected chi connectivity index (χ0v) is 12.0. The highest BCUT2D eigenvalue weighted by Crippen LogP contribution is 2.33. The Kier molecular flexibility index (Phi) is 3.14. The lowest BCUT2D eigenvalue weighted by Gasteiger charge is -2.16. The molecule has 1 aromatic heterocycles. The van der Waals surface area contributed by atoms with Crippen LogP contribution in [0.25, 0.3) is 0 Å². The molecule has 1 amide bonds. The van der Waals surface area contributed by atoms with Gasteiger partial charge < -0.3 is 10.1 Å². The van der Waals surface area contributed by atoms with Gasteiger partial charge in [0.15, 0.2) is 0 Å². The molecule has 4 rings (SSSR count). The SMILES string of the molecule is O=C1OCCN1c1ccnc(N[C@H]2CCc3ccccc32)n1. The van der Waals surface area contributed by atoms with Crippen molar-refractivity contribution in [3.05, 3.63) is 47.7 Å². The van der Waals surface area contributed by atoms with Crippen molar-refractivity contribution < 1.29 is 9.53 Å². The largest absolute Gasteiger partial charge is 0.447 e. The van der Waals surface area contributed by atoms with Crippen molar-refractivity contribution in [2.24, 2.45) is 0 Å². The maximum absolute atomic E-state index is 11.6. The van der Waals surface area contributed by atoms with Crippen LogP contribution in [-0.2, 0) is 11.2 Å². The summed E-state index contributed by atoms with van der Waals surface area (Å²) in [5.74, 6) is 1.12. The Hall–Kier alpha value is -2.63. The van der Waals surface area contributed by atoms with Crippen molar-refractivity contribution in [3.8, 4) is 0 Å². The summed E-state index contributed by atoms with van der Waals surface area (Å²) in [7, 11) is 0. The number of carbonyl (C=O) groups is 1. The summed E-state index contributed by atoms with van der Waals surface area (Å²) in [4.78, 5) is 21.9. The van der Waals surface area contributed by atoms with E-state index in [1.54, 1.807) is 12.3 Å². The number of amides is 1. The summed E-state index contributed by atoms with van der Waals surface area (Å²) < 4.78 is 4.95. The number of fused-ring (bicyclic) bond motifs is 1. The van der Waals surface area contributed by atoms with Crippen LogP contribution in [0.15, 0.2) is 36.5 Å². The Morgan fingerprint density at radius 2 is 2.18 bits per heavy atom. The lowest BCUT2D eigenvalue weighted by Crippen LogP contribution is -2.25. The summed E-state index contributed by atoms with van der Waals surface area (Å²) in [6.45, 7) is 0.934. The Labute approximate surface area is 128 Å². The molecule has 0 radical (unpaired) electrons. The van der Waals surface area contributed by atoms with Crippen LogP contribution in [0.5, 0.6) is 0 Å². The van der Waals surface area contributed by atoms with Gasteiger partial charge in [-0.3, -0.25) is 4.90 Å². The van der Waals surface area contributed by atoms with Gasteiger partial charge in [0.1, 0.15) is 12.4 Å². The first-order valence-electron chi connectivity index (χ1n) is 7.43. The summed E-state index contributed by atoms with van der Waals surface area (Å²) in [6, 6.07) is 10.4. The lowest BCUT2D eigenvalue weighted by molar-refractivity contribution is 0.181. The predicted octanol–water partition coefficient (Wildman–Crippen LogP) is 2.53. The molecule has 0 spiro atoms. The third kappa shape index (κ3) is 2.26. The predicted molar refractivity (Wildman–Crippen MR) is 81.9 cm³/mol. The first kappa shape index (κ1) is 13.1. The van der Waals surface area contributed by atoms with E-state index >= 15 is 0 Å². The maximum atomic E-state index is 11.6. The van der Waals surface area contributed by atoms with E-state index in [0.717, 1.165) is 12.8 Å². The quantitative estimate of drug-likeness (QED) is 0.942. The van der Waals surface area contributed by atoms with Gasteiger partial charge in [-0.05, 0) is 30.0 Å². The van der Waals surface area contributed by atoms with E-state index in [-0.39, 0.29) is 12.1 Å². The molecule has 1 aliphatic carbocycles. The maximum Gasteiger partial charge on any atom is 0.415 e. The molecule has 22 heavy (non-hydrogen) atoms. The molecular weight excluding hydrogens is 280 g/mol. The van der Waals surface area contributed by atoms with Crippen LogP contribution in [0.1, 0.15) is 23.6 Å². The Bertz CT molecular complexity index is 719. The van der Waals surface area contributed by atoms with Gasteiger partial charge in [-0.1, -0.05) is 24.3 Å². The minimum Gasteiger partial charge on any atom is -0.447 e. The van der Waals surface area contributed by atoms with E-state index in [1.807, 2.05) is 0 Å². The number of carbonyl (C=O) groups excluding carboxylic acids is 1. The van der Waals surface area contributed by atoms with Crippen molar-refractivity contribution in [2.75, 3.05) is 23.4 Å². The van der Waals surface area contributed by atoms with Gasteiger partial charge in [-0.15, -0.1) is 0 Å². The molecule has 1 atom stereocenters. The van der Waals surface area contributed by atoms with Crippen molar-refractivity contribution in [2.45, 2.75) is 18.9 Å². The van der Waals surface area contributed by atoms with Gasteiger partial charge in [0.25, 0.3) is 0 Å². The molecule has 112 valence electrons. The van der Waals surface area contributed by atoms with Crippen LogP contribution in [-0.4, -0.2) is 29.2 Å². The number of anilines is 2. The average Bonchev–Trinajstić information content (AvgIpc) is 3.15. The third-order valence-corrected chi connectivity index (χ3v) is 4.11. The molecular formula is C16H16N4O2. The molecule has 1 N–H and O–H groups in total. The van der Waals surface area contributed by atoms with Crippen LogP contribution >= 0.6 is 0 Å². The van der Waals surface area contributed by atoms with Gasteiger partial charge >= 0.3 is 6.09 Å². The van der Waals surface area contributed by atoms with E-state index in [4.69, 9.17) is 4.74 Å².